The van der Waals surface area contributed by atoms with Crippen LogP contribution in [0.5, 0.6) is 5.75 Å². The molecule has 2 amide bonds. The van der Waals surface area contributed by atoms with Gasteiger partial charge in [-0.25, -0.2) is 0 Å². The van der Waals surface area contributed by atoms with Gasteiger partial charge < -0.3 is 34.9 Å². The molecule has 1 spiro atoms. The molecule has 12 nitrogen and oxygen atoms in total. The number of aliphatic hydroxyl groups excluding tert-OH is 1. The summed E-state index contributed by atoms with van der Waals surface area (Å²) >= 11 is 0. The molecule has 0 bridgehead atoms. The summed E-state index contributed by atoms with van der Waals surface area (Å²) in [7, 11) is -1.30. The van der Waals surface area contributed by atoms with Crippen LogP contribution < -0.4 is 20.3 Å². The number of aromatic nitrogens is 3. The fourth-order valence-electron chi connectivity index (χ4n) is 8.76. The standard InChI is InChI=1S/C40H50N6O6Si/c1-26-37(53(3,4)50)36(17-19-45-24-34(43-44-45)32(25-47)28-11-6-5-7-12-28)52-40(26)33-21-31(51-2)15-16-35(33)46(39(40)49)23-27-10-8-14-30(20-27)42-38(48)29-13-9-18-41-22-29/h5-8,10-12,14-16,20-21,24,26,29,32,36-37,41,47,50H,9,13,17-19,22-23,25H2,1-4H3,(H,42,48)/t26-,29?,32?,36+,37-,40+/m1/s1. The monoisotopic (exact) mass is 738 g/mol. The number of hydrogen-bond acceptors (Lipinski definition) is 9. The predicted octanol–water partition coefficient (Wildman–Crippen LogP) is 4.78. The molecule has 2 fully saturated rings. The van der Waals surface area contributed by atoms with Crippen LogP contribution in [0, 0.1) is 11.8 Å². The van der Waals surface area contributed by atoms with Crippen molar-refractivity contribution in [3.63, 3.8) is 0 Å². The number of aryl methyl sites for hydroxylation is 1. The average Bonchev–Trinajstić information content (AvgIpc) is 3.82. The highest BCUT2D eigenvalue weighted by atomic mass is 28.4. The molecule has 4 N–H and O–H groups in total. The summed E-state index contributed by atoms with van der Waals surface area (Å²) in [4.78, 5) is 41.5. The highest BCUT2D eigenvalue weighted by Gasteiger charge is 2.66. The Bertz CT molecular complexity index is 1930. The van der Waals surface area contributed by atoms with Gasteiger partial charge in [-0.2, -0.15) is 0 Å². The van der Waals surface area contributed by atoms with E-state index in [0.29, 0.717) is 36.6 Å². The number of aliphatic hydroxyl groups is 1. The third kappa shape index (κ3) is 7.16. The molecule has 0 saturated carbocycles. The van der Waals surface area contributed by atoms with Crippen molar-refractivity contribution in [2.75, 3.05) is 37.0 Å². The Morgan fingerprint density at radius 3 is 2.68 bits per heavy atom. The maximum absolute atomic E-state index is 15.0. The molecule has 3 aliphatic heterocycles. The van der Waals surface area contributed by atoms with Gasteiger partial charge in [-0.3, -0.25) is 14.3 Å². The molecule has 0 aliphatic carbocycles. The number of fused-ring (bicyclic) bond motifs is 2. The highest BCUT2D eigenvalue weighted by molar-refractivity contribution is 6.71. The Morgan fingerprint density at radius 2 is 1.96 bits per heavy atom. The van der Waals surface area contributed by atoms with E-state index in [1.165, 1.54) is 0 Å². The first kappa shape index (κ1) is 36.9. The second-order valence-electron chi connectivity index (χ2n) is 15.2. The van der Waals surface area contributed by atoms with E-state index in [1.807, 2.05) is 99.0 Å². The summed E-state index contributed by atoms with van der Waals surface area (Å²) in [6.07, 6.45) is 3.73. The molecular weight excluding hydrogens is 689 g/mol. The summed E-state index contributed by atoms with van der Waals surface area (Å²) in [5.41, 5.74) is 3.04. The van der Waals surface area contributed by atoms with Crippen molar-refractivity contribution in [2.24, 2.45) is 11.8 Å². The molecule has 3 aliphatic rings. The van der Waals surface area contributed by atoms with Crippen molar-refractivity contribution in [3.8, 4) is 5.75 Å². The summed E-state index contributed by atoms with van der Waals surface area (Å²) in [6, 6.07) is 23.0. The Morgan fingerprint density at radius 1 is 1.15 bits per heavy atom. The van der Waals surface area contributed by atoms with E-state index < -0.39 is 20.0 Å². The molecule has 53 heavy (non-hydrogen) atoms. The van der Waals surface area contributed by atoms with Gasteiger partial charge in [0.05, 0.1) is 49.6 Å². The third-order valence-corrected chi connectivity index (χ3v) is 13.8. The third-order valence-electron chi connectivity index (χ3n) is 11.3. The van der Waals surface area contributed by atoms with Gasteiger partial charge in [0.1, 0.15) is 5.75 Å². The number of nitrogens with zero attached hydrogens (tertiary/aromatic N) is 4. The summed E-state index contributed by atoms with van der Waals surface area (Å²) < 4.78 is 14.4. The van der Waals surface area contributed by atoms with Crippen molar-refractivity contribution < 1.29 is 29.0 Å². The van der Waals surface area contributed by atoms with Crippen LogP contribution in [0.15, 0.2) is 79.0 Å². The topological polar surface area (TPSA) is 151 Å². The van der Waals surface area contributed by atoms with Crippen LogP contribution in [0.25, 0.3) is 0 Å². The SMILES string of the molecule is COc1ccc2c(c1)[C@]1(O[C@@H](CCn3cc(C(CO)c4ccccc4)nn3)[C@H]([Si](C)(C)O)[C@H]1C)C(=O)N2Cc1cccc(NC(=O)C2CCCNC2)c1. The largest absolute Gasteiger partial charge is 0.497 e. The molecule has 2 unspecified atom stereocenters. The first-order chi connectivity index (χ1) is 25.5. The van der Waals surface area contributed by atoms with Crippen molar-refractivity contribution >= 4 is 31.5 Å². The molecule has 4 aromatic rings. The quantitative estimate of drug-likeness (QED) is 0.151. The van der Waals surface area contributed by atoms with Crippen molar-refractivity contribution in [1.29, 1.82) is 0 Å². The molecular formula is C40H50N6O6Si. The maximum atomic E-state index is 15.0. The number of ether oxygens (including phenoxy) is 2. The van der Waals surface area contributed by atoms with Gasteiger partial charge in [-0.05, 0) is 80.4 Å². The fourth-order valence-corrected chi connectivity index (χ4v) is 11.4. The van der Waals surface area contributed by atoms with Gasteiger partial charge >= 0.3 is 0 Å². The number of amides is 2. The van der Waals surface area contributed by atoms with Gasteiger partial charge in [-0.15, -0.1) is 5.10 Å². The van der Waals surface area contributed by atoms with Crippen LogP contribution in [0.3, 0.4) is 0 Å². The second-order valence-corrected chi connectivity index (χ2v) is 19.2. The van der Waals surface area contributed by atoms with Crippen molar-refractivity contribution in [1.82, 2.24) is 20.3 Å². The molecule has 0 radical (unpaired) electrons. The molecule has 7 rings (SSSR count). The fraction of sp³-hybridized carbons (Fsp3) is 0.450. The Hall–Kier alpha value is -4.40. The molecule has 4 heterocycles. The van der Waals surface area contributed by atoms with Gasteiger partial charge in [-0.1, -0.05) is 54.6 Å². The normalized spacial score (nSPS) is 24.7. The number of carbonyl (C=O) groups is 2. The first-order valence-corrected chi connectivity index (χ1v) is 21.6. The van der Waals surface area contributed by atoms with Crippen molar-refractivity contribution in [2.45, 2.75) is 75.5 Å². The average molecular weight is 739 g/mol. The van der Waals surface area contributed by atoms with Crippen LogP contribution in [0.1, 0.15) is 54.5 Å². The summed E-state index contributed by atoms with van der Waals surface area (Å²) in [5.74, 6) is -0.293. The van der Waals surface area contributed by atoms with Crippen LogP contribution in [0.2, 0.25) is 18.6 Å². The number of carbonyl (C=O) groups excluding carboxylic acids is 2. The number of benzene rings is 3. The molecule has 1 aromatic heterocycles. The van der Waals surface area contributed by atoms with Crippen molar-refractivity contribution in [3.05, 3.63) is 101 Å². The number of hydrogen-bond donors (Lipinski definition) is 4. The van der Waals surface area contributed by atoms with E-state index in [9.17, 15) is 19.5 Å². The predicted molar refractivity (Wildman–Crippen MR) is 204 cm³/mol. The minimum Gasteiger partial charge on any atom is -0.497 e. The van der Waals surface area contributed by atoms with E-state index in [2.05, 4.69) is 20.9 Å². The van der Waals surface area contributed by atoms with Gasteiger partial charge in [0.25, 0.3) is 5.91 Å². The number of piperidine rings is 1. The summed E-state index contributed by atoms with van der Waals surface area (Å²) in [6.45, 7) is 8.08. The Balaban J connectivity index is 1.15. The van der Waals surface area contributed by atoms with E-state index >= 15 is 0 Å². The lowest BCUT2D eigenvalue weighted by Gasteiger charge is -2.32. The first-order valence-electron chi connectivity index (χ1n) is 18.6. The zero-order chi connectivity index (χ0) is 37.3. The number of nitrogens with one attached hydrogen (secondary N) is 2. The van der Waals surface area contributed by atoms with Crippen LogP contribution in [-0.4, -0.2) is 77.9 Å². The number of rotatable bonds is 12. The minimum absolute atomic E-state index is 0.00410. The maximum Gasteiger partial charge on any atom is 0.264 e. The van der Waals surface area contributed by atoms with Crippen LogP contribution in [-0.2, 0) is 33.0 Å². The highest BCUT2D eigenvalue weighted by Crippen LogP contribution is 2.60. The minimum atomic E-state index is -2.90. The number of anilines is 2. The van der Waals surface area contributed by atoms with E-state index in [-0.39, 0.29) is 48.3 Å². The lowest BCUT2D eigenvalue weighted by molar-refractivity contribution is -0.146. The molecule has 3 aromatic carbocycles. The molecule has 2 saturated heterocycles. The van der Waals surface area contributed by atoms with E-state index in [0.717, 1.165) is 41.8 Å². The van der Waals surface area contributed by atoms with Gasteiger partial charge in [0, 0.05) is 42.0 Å². The zero-order valence-electron chi connectivity index (χ0n) is 30.9. The van der Waals surface area contributed by atoms with Gasteiger partial charge in [0.2, 0.25) is 5.91 Å². The lowest BCUT2D eigenvalue weighted by atomic mass is 9.82. The Kier molecular flexibility index (Phi) is 10.6. The summed E-state index contributed by atoms with van der Waals surface area (Å²) in [5, 5.41) is 25.3. The smallest absolute Gasteiger partial charge is 0.264 e. The Labute approximate surface area is 311 Å². The molecule has 13 heteroatoms. The van der Waals surface area contributed by atoms with E-state index in [4.69, 9.17) is 9.47 Å². The van der Waals surface area contributed by atoms with Crippen LogP contribution >= 0.6 is 0 Å². The second kappa shape index (κ2) is 15.1. The van der Waals surface area contributed by atoms with Crippen LogP contribution in [0.4, 0.5) is 11.4 Å². The molecule has 6 atom stereocenters. The zero-order valence-corrected chi connectivity index (χ0v) is 31.9. The lowest BCUT2D eigenvalue weighted by Crippen LogP contribution is -2.46. The van der Waals surface area contributed by atoms with Gasteiger partial charge in [0.15, 0.2) is 13.9 Å². The van der Waals surface area contributed by atoms with E-state index in [1.54, 1.807) is 16.7 Å². The molecule has 280 valence electrons. The number of methoxy groups -OCH3 is 1.